The van der Waals surface area contributed by atoms with Crippen LogP contribution in [-0.2, 0) is 6.54 Å². The second-order valence-electron chi connectivity index (χ2n) is 4.15. The van der Waals surface area contributed by atoms with Gasteiger partial charge in [-0.25, -0.2) is 4.98 Å². The number of imidazole rings is 1. The smallest absolute Gasteiger partial charge is 0.137 e. The molecule has 0 radical (unpaired) electrons. The molecule has 86 valence electrons. The third-order valence-corrected chi connectivity index (χ3v) is 2.65. The van der Waals surface area contributed by atoms with Crippen LogP contribution in [0.1, 0.15) is 18.2 Å². The third kappa shape index (κ3) is 2.23. The zero-order valence-electron chi connectivity index (χ0n) is 9.64. The predicted octanol–water partition coefficient (Wildman–Crippen LogP) is 1.11. The maximum absolute atomic E-state index is 8.93. The van der Waals surface area contributed by atoms with Crippen LogP contribution in [0.5, 0.6) is 0 Å². The van der Waals surface area contributed by atoms with Gasteiger partial charge < -0.3 is 14.8 Å². The number of fused-ring (bicyclic) bond motifs is 1. The van der Waals surface area contributed by atoms with Crippen molar-refractivity contribution in [3.63, 3.8) is 0 Å². The lowest BCUT2D eigenvalue weighted by Crippen LogP contribution is -2.29. The van der Waals surface area contributed by atoms with Gasteiger partial charge in [0.05, 0.1) is 18.5 Å². The van der Waals surface area contributed by atoms with Crippen molar-refractivity contribution in [1.29, 1.82) is 0 Å². The normalized spacial score (nSPS) is 13.2. The average Bonchev–Trinajstić information content (AvgIpc) is 2.68. The van der Waals surface area contributed by atoms with E-state index in [0.717, 1.165) is 11.3 Å². The van der Waals surface area contributed by atoms with E-state index in [0.29, 0.717) is 6.54 Å². The molecule has 1 atom stereocenters. The number of nitrogens with zero attached hydrogens (tertiary/aromatic N) is 2. The molecule has 0 saturated heterocycles. The first-order valence-corrected chi connectivity index (χ1v) is 5.47. The Kier molecular flexibility index (Phi) is 3.22. The molecule has 0 aliphatic heterocycles. The summed E-state index contributed by atoms with van der Waals surface area (Å²) in [7, 11) is 0. The summed E-state index contributed by atoms with van der Waals surface area (Å²) in [6.45, 7) is 4.87. The summed E-state index contributed by atoms with van der Waals surface area (Å²) in [5.74, 6) is 0. The topological polar surface area (TPSA) is 49.6 Å². The molecule has 2 rings (SSSR count). The highest BCUT2D eigenvalue weighted by Crippen LogP contribution is 2.08. The minimum absolute atomic E-state index is 0.107. The molecule has 2 heterocycles. The Balaban J connectivity index is 2.19. The Labute approximate surface area is 94.9 Å². The molecule has 2 aromatic rings. The highest BCUT2D eigenvalue weighted by molar-refractivity contribution is 5.42. The number of aryl methyl sites for hydroxylation is 1. The van der Waals surface area contributed by atoms with Gasteiger partial charge in [0.2, 0.25) is 0 Å². The van der Waals surface area contributed by atoms with Crippen molar-refractivity contribution >= 4 is 5.65 Å². The van der Waals surface area contributed by atoms with E-state index in [2.05, 4.69) is 33.8 Å². The summed E-state index contributed by atoms with van der Waals surface area (Å²) < 4.78 is 2.06. The predicted molar refractivity (Wildman–Crippen MR) is 63.3 cm³/mol. The lowest BCUT2D eigenvalue weighted by Gasteiger charge is -2.10. The summed E-state index contributed by atoms with van der Waals surface area (Å²) >= 11 is 0. The molecule has 0 unspecified atom stereocenters. The molecular weight excluding hydrogens is 202 g/mol. The lowest BCUT2D eigenvalue weighted by molar-refractivity contribution is 0.250. The minimum atomic E-state index is 0.107. The van der Waals surface area contributed by atoms with Crippen molar-refractivity contribution in [1.82, 2.24) is 14.7 Å². The maximum Gasteiger partial charge on any atom is 0.137 e. The summed E-state index contributed by atoms with van der Waals surface area (Å²) in [6.07, 6.45) is 3.89. The maximum atomic E-state index is 8.93. The molecular formula is C12H17N3O. The van der Waals surface area contributed by atoms with Crippen LogP contribution in [0.2, 0.25) is 0 Å². The number of aromatic nitrogens is 2. The molecule has 4 nitrogen and oxygen atoms in total. The molecule has 0 bridgehead atoms. The van der Waals surface area contributed by atoms with Crippen LogP contribution in [0.15, 0.2) is 24.5 Å². The molecule has 2 aromatic heterocycles. The van der Waals surface area contributed by atoms with Gasteiger partial charge in [-0.05, 0) is 31.5 Å². The number of nitrogens with one attached hydrogen (secondary N) is 1. The highest BCUT2D eigenvalue weighted by Gasteiger charge is 2.04. The van der Waals surface area contributed by atoms with E-state index in [9.17, 15) is 0 Å². The molecule has 0 aliphatic carbocycles. The fourth-order valence-corrected chi connectivity index (χ4v) is 1.61. The molecule has 0 amide bonds. The Bertz CT molecular complexity index is 478. The first-order chi connectivity index (χ1) is 7.70. The first kappa shape index (κ1) is 11.1. The summed E-state index contributed by atoms with van der Waals surface area (Å²) in [5, 5.41) is 12.2. The summed E-state index contributed by atoms with van der Waals surface area (Å²) in [5.41, 5.74) is 3.28. The Morgan fingerprint density at radius 2 is 2.38 bits per heavy atom. The Morgan fingerprint density at radius 3 is 3.12 bits per heavy atom. The summed E-state index contributed by atoms with van der Waals surface area (Å²) in [6, 6.07) is 4.23. The number of aliphatic hydroxyl groups is 1. The Morgan fingerprint density at radius 1 is 1.56 bits per heavy atom. The zero-order valence-corrected chi connectivity index (χ0v) is 9.64. The van der Waals surface area contributed by atoms with Crippen LogP contribution in [0, 0.1) is 6.92 Å². The van der Waals surface area contributed by atoms with Crippen molar-refractivity contribution in [2.45, 2.75) is 26.4 Å². The molecule has 0 fully saturated rings. The second kappa shape index (κ2) is 4.63. The third-order valence-electron chi connectivity index (χ3n) is 2.65. The SMILES string of the molecule is Cc1ccn2c(CN[C@H](C)CO)cnc2c1. The van der Waals surface area contributed by atoms with Crippen LogP contribution >= 0.6 is 0 Å². The molecule has 4 heteroatoms. The fourth-order valence-electron chi connectivity index (χ4n) is 1.61. The van der Waals surface area contributed by atoms with E-state index in [1.54, 1.807) is 0 Å². The molecule has 0 aliphatic rings. The van der Waals surface area contributed by atoms with Gasteiger partial charge in [-0.3, -0.25) is 0 Å². The van der Waals surface area contributed by atoms with Crippen molar-refractivity contribution in [3.05, 3.63) is 35.8 Å². The van der Waals surface area contributed by atoms with Gasteiger partial charge in [-0.1, -0.05) is 0 Å². The van der Waals surface area contributed by atoms with Gasteiger partial charge in [0.25, 0.3) is 0 Å². The minimum Gasteiger partial charge on any atom is -0.395 e. The van der Waals surface area contributed by atoms with E-state index >= 15 is 0 Å². The number of hydrogen-bond donors (Lipinski definition) is 2. The summed E-state index contributed by atoms with van der Waals surface area (Å²) in [4.78, 5) is 4.34. The highest BCUT2D eigenvalue weighted by atomic mass is 16.3. The number of rotatable bonds is 4. The van der Waals surface area contributed by atoms with Gasteiger partial charge in [-0.15, -0.1) is 0 Å². The standard InChI is InChI=1S/C12H17N3O/c1-9-3-4-15-11(6-13-10(2)8-16)7-14-12(15)5-9/h3-5,7,10,13,16H,6,8H2,1-2H3/t10-/m1/s1. The quantitative estimate of drug-likeness (QED) is 0.810. The zero-order chi connectivity index (χ0) is 11.5. The van der Waals surface area contributed by atoms with Crippen molar-refractivity contribution in [2.75, 3.05) is 6.61 Å². The van der Waals surface area contributed by atoms with Gasteiger partial charge in [-0.2, -0.15) is 0 Å². The van der Waals surface area contributed by atoms with Crippen LogP contribution in [0.25, 0.3) is 5.65 Å². The Hall–Kier alpha value is -1.39. The second-order valence-corrected chi connectivity index (χ2v) is 4.15. The van der Waals surface area contributed by atoms with Gasteiger partial charge in [0, 0.05) is 18.8 Å². The molecule has 0 spiro atoms. The van der Waals surface area contributed by atoms with Crippen molar-refractivity contribution < 1.29 is 5.11 Å². The number of hydrogen-bond acceptors (Lipinski definition) is 3. The van der Waals surface area contributed by atoms with Crippen molar-refractivity contribution in [3.8, 4) is 0 Å². The van der Waals surface area contributed by atoms with Gasteiger partial charge in [0.15, 0.2) is 0 Å². The first-order valence-electron chi connectivity index (χ1n) is 5.47. The van der Waals surface area contributed by atoms with E-state index < -0.39 is 0 Å². The molecule has 16 heavy (non-hydrogen) atoms. The molecule has 2 N–H and O–H groups in total. The van der Waals surface area contributed by atoms with E-state index in [4.69, 9.17) is 5.11 Å². The van der Waals surface area contributed by atoms with E-state index in [1.165, 1.54) is 5.56 Å². The van der Waals surface area contributed by atoms with Gasteiger partial charge >= 0.3 is 0 Å². The van der Waals surface area contributed by atoms with Crippen molar-refractivity contribution in [2.24, 2.45) is 0 Å². The fraction of sp³-hybridized carbons (Fsp3) is 0.417. The molecule has 0 saturated carbocycles. The van der Waals surface area contributed by atoms with Crippen LogP contribution < -0.4 is 5.32 Å². The lowest BCUT2D eigenvalue weighted by atomic mass is 10.3. The molecule has 0 aromatic carbocycles. The monoisotopic (exact) mass is 219 g/mol. The average molecular weight is 219 g/mol. The largest absolute Gasteiger partial charge is 0.395 e. The van der Waals surface area contributed by atoms with Crippen LogP contribution in [0.3, 0.4) is 0 Å². The van der Waals surface area contributed by atoms with Crippen LogP contribution in [0.4, 0.5) is 0 Å². The van der Waals surface area contributed by atoms with E-state index in [1.807, 2.05) is 19.3 Å². The van der Waals surface area contributed by atoms with Gasteiger partial charge in [0.1, 0.15) is 5.65 Å². The number of pyridine rings is 1. The van der Waals surface area contributed by atoms with E-state index in [-0.39, 0.29) is 12.6 Å². The number of aliphatic hydroxyl groups excluding tert-OH is 1. The van der Waals surface area contributed by atoms with Crippen LogP contribution in [-0.4, -0.2) is 27.1 Å².